The van der Waals surface area contributed by atoms with Crippen LogP contribution in [-0.4, -0.2) is 15.1 Å². The van der Waals surface area contributed by atoms with Gasteiger partial charge in [-0.15, -0.1) is 0 Å². The second kappa shape index (κ2) is 5.70. The maximum atomic E-state index is 4.29. The molecular formula is C15H25N3. The number of hydrogen-bond acceptors (Lipinski definition) is 2. The van der Waals surface area contributed by atoms with Crippen LogP contribution in [0.5, 0.6) is 0 Å². The van der Waals surface area contributed by atoms with Crippen LogP contribution >= 0.6 is 0 Å². The highest BCUT2D eigenvalue weighted by Crippen LogP contribution is 2.20. The summed E-state index contributed by atoms with van der Waals surface area (Å²) in [6.45, 7) is 8.58. The Labute approximate surface area is 110 Å². The second-order valence-electron chi connectivity index (χ2n) is 6.29. The molecule has 0 amide bonds. The summed E-state index contributed by atoms with van der Waals surface area (Å²) in [4.78, 5) is 4.29. The van der Waals surface area contributed by atoms with Crippen LogP contribution in [-0.2, 0) is 13.1 Å². The lowest BCUT2D eigenvalue weighted by atomic mass is 9.94. The highest BCUT2D eigenvalue weighted by molar-refractivity contribution is 5.00. The lowest BCUT2D eigenvalue weighted by Crippen LogP contribution is -2.35. The van der Waals surface area contributed by atoms with Gasteiger partial charge in [0.2, 0.25) is 0 Å². The van der Waals surface area contributed by atoms with Gasteiger partial charge in [0.05, 0.1) is 12.0 Å². The van der Waals surface area contributed by atoms with Gasteiger partial charge in [0, 0.05) is 24.8 Å². The predicted octanol–water partition coefficient (Wildman–Crippen LogP) is 3.13. The number of nitrogens with one attached hydrogen (secondary N) is 1. The van der Waals surface area contributed by atoms with Gasteiger partial charge in [-0.25, -0.2) is 4.98 Å². The lowest BCUT2D eigenvalue weighted by Gasteiger charge is -2.23. The van der Waals surface area contributed by atoms with Crippen molar-refractivity contribution in [1.29, 1.82) is 0 Å². The summed E-state index contributed by atoms with van der Waals surface area (Å²) in [5.74, 6) is 0.776. The van der Waals surface area contributed by atoms with E-state index in [-0.39, 0.29) is 5.54 Å². The molecule has 0 spiro atoms. The van der Waals surface area contributed by atoms with Gasteiger partial charge in [-0.3, -0.25) is 0 Å². The Balaban J connectivity index is 1.92. The molecule has 0 bridgehead atoms. The molecule has 2 rings (SSSR count). The molecule has 100 valence electrons. The first-order valence-corrected chi connectivity index (χ1v) is 6.93. The van der Waals surface area contributed by atoms with Crippen molar-refractivity contribution in [1.82, 2.24) is 14.9 Å². The van der Waals surface area contributed by atoms with Crippen LogP contribution in [0.15, 0.2) is 24.7 Å². The van der Waals surface area contributed by atoms with Crippen LogP contribution in [0.3, 0.4) is 0 Å². The minimum absolute atomic E-state index is 0.155. The van der Waals surface area contributed by atoms with Gasteiger partial charge >= 0.3 is 0 Å². The van der Waals surface area contributed by atoms with E-state index in [0.717, 1.165) is 19.0 Å². The number of aromatic nitrogens is 2. The van der Waals surface area contributed by atoms with E-state index < -0.39 is 0 Å². The number of hydrogen-bond donors (Lipinski definition) is 1. The third-order valence-corrected chi connectivity index (χ3v) is 3.43. The average molecular weight is 247 g/mol. The molecule has 3 heteroatoms. The van der Waals surface area contributed by atoms with Gasteiger partial charge in [0.1, 0.15) is 0 Å². The zero-order valence-electron chi connectivity index (χ0n) is 11.8. The van der Waals surface area contributed by atoms with Crippen molar-refractivity contribution in [2.24, 2.45) is 5.92 Å². The number of imidazole rings is 1. The Bertz CT molecular complexity index is 398. The number of rotatable bonds is 4. The van der Waals surface area contributed by atoms with E-state index in [9.17, 15) is 0 Å². The van der Waals surface area contributed by atoms with Crippen molar-refractivity contribution in [2.75, 3.05) is 0 Å². The molecular weight excluding hydrogens is 222 g/mol. The molecule has 0 fully saturated rings. The predicted molar refractivity (Wildman–Crippen MR) is 75.3 cm³/mol. The Morgan fingerprint density at radius 1 is 1.39 bits per heavy atom. The molecule has 1 aromatic heterocycles. The zero-order valence-corrected chi connectivity index (χ0v) is 11.8. The van der Waals surface area contributed by atoms with Gasteiger partial charge < -0.3 is 9.88 Å². The van der Waals surface area contributed by atoms with E-state index in [1.165, 1.54) is 25.0 Å². The molecule has 1 heterocycles. The topological polar surface area (TPSA) is 29.9 Å². The van der Waals surface area contributed by atoms with Crippen molar-refractivity contribution >= 4 is 0 Å². The van der Waals surface area contributed by atoms with Crippen LogP contribution in [0.2, 0.25) is 0 Å². The largest absolute Gasteiger partial charge is 0.333 e. The van der Waals surface area contributed by atoms with E-state index in [4.69, 9.17) is 0 Å². The third kappa shape index (κ3) is 3.98. The van der Waals surface area contributed by atoms with Crippen molar-refractivity contribution in [3.05, 3.63) is 30.4 Å². The van der Waals surface area contributed by atoms with Gasteiger partial charge in [0.25, 0.3) is 0 Å². The number of nitrogens with zero attached hydrogens (tertiary/aromatic N) is 2. The molecule has 0 saturated carbocycles. The summed E-state index contributed by atoms with van der Waals surface area (Å²) in [5.41, 5.74) is 1.45. The van der Waals surface area contributed by atoms with Gasteiger partial charge in [-0.1, -0.05) is 12.2 Å². The Hall–Kier alpha value is -1.09. The fourth-order valence-corrected chi connectivity index (χ4v) is 2.32. The molecule has 1 aliphatic carbocycles. The van der Waals surface area contributed by atoms with Crippen molar-refractivity contribution in [3.63, 3.8) is 0 Å². The van der Waals surface area contributed by atoms with Crippen LogP contribution in [0, 0.1) is 5.92 Å². The fraction of sp³-hybridized carbons (Fsp3) is 0.667. The average Bonchev–Trinajstić information content (AvgIpc) is 2.74. The molecule has 0 aromatic carbocycles. The van der Waals surface area contributed by atoms with Gasteiger partial charge in [-0.2, -0.15) is 0 Å². The third-order valence-electron chi connectivity index (χ3n) is 3.43. The molecule has 1 unspecified atom stereocenters. The molecule has 0 radical (unpaired) electrons. The maximum Gasteiger partial charge on any atom is 0.0948 e. The minimum atomic E-state index is 0.155. The summed E-state index contributed by atoms with van der Waals surface area (Å²) in [6, 6.07) is 0. The molecule has 1 aliphatic rings. The molecule has 1 atom stereocenters. The monoisotopic (exact) mass is 247 g/mol. The molecule has 1 N–H and O–H groups in total. The SMILES string of the molecule is CC(C)(C)NCc1cncn1CC1CC=CCC1. The van der Waals surface area contributed by atoms with E-state index in [0.29, 0.717) is 0 Å². The summed E-state index contributed by atoms with van der Waals surface area (Å²) in [5, 5.41) is 3.53. The van der Waals surface area contributed by atoms with Crippen LogP contribution in [0.4, 0.5) is 0 Å². The van der Waals surface area contributed by atoms with Crippen molar-refractivity contribution in [2.45, 2.75) is 58.7 Å². The normalized spacial score (nSPS) is 20.3. The number of allylic oxidation sites excluding steroid dienone is 2. The highest BCUT2D eigenvalue weighted by Gasteiger charge is 2.14. The van der Waals surface area contributed by atoms with E-state index in [1.807, 2.05) is 12.5 Å². The summed E-state index contributed by atoms with van der Waals surface area (Å²) < 4.78 is 2.31. The van der Waals surface area contributed by atoms with E-state index in [2.05, 4.69) is 47.8 Å². The van der Waals surface area contributed by atoms with Gasteiger partial charge in [0.15, 0.2) is 0 Å². The van der Waals surface area contributed by atoms with Crippen LogP contribution in [0.1, 0.15) is 45.7 Å². The van der Waals surface area contributed by atoms with E-state index >= 15 is 0 Å². The minimum Gasteiger partial charge on any atom is -0.333 e. The quantitative estimate of drug-likeness (QED) is 0.828. The second-order valence-corrected chi connectivity index (χ2v) is 6.29. The lowest BCUT2D eigenvalue weighted by molar-refractivity contribution is 0.385. The first-order valence-electron chi connectivity index (χ1n) is 6.93. The summed E-state index contributed by atoms with van der Waals surface area (Å²) in [7, 11) is 0. The molecule has 0 saturated heterocycles. The summed E-state index contributed by atoms with van der Waals surface area (Å²) in [6.07, 6.45) is 12.3. The summed E-state index contributed by atoms with van der Waals surface area (Å²) >= 11 is 0. The Kier molecular flexibility index (Phi) is 4.23. The molecule has 3 nitrogen and oxygen atoms in total. The molecule has 18 heavy (non-hydrogen) atoms. The van der Waals surface area contributed by atoms with Gasteiger partial charge in [-0.05, 0) is 46.0 Å². The van der Waals surface area contributed by atoms with Crippen molar-refractivity contribution < 1.29 is 0 Å². The Morgan fingerprint density at radius 3 is 2.89 bits per heavy atom. The molecule has 0 aliphatic heterocycles. The van der Waals surface area contributed by atoms with Crippen LogP contribution in [0.25, 0.3) is 0 Å². The fourth-order valence-electron chi connectivity index (χ4n) is 2.32. The first-order chi connectivity index (χ1) is 8.54. The Morgan fingerprint density at radius 2 is 2.22 bits per heavy atom. The standard InChI is InChI=1S/C15H25N3/c1-15(2,3)17-10-14-9-16-12-18(14)11-13-7-5-4-6-8-13/h4-5,9,12-13,17H,6-8,10-11H2,1-3H3. The first kappa shape index (κ1) is 13.3. The smallest absolute Gasteiger partial charge is 0.0948 e. The van der Waals surface area contributed by atoms with Crippen molar-refractivity contribution in [3.8, 4) is 0 Å². The molecule has 1 aromatic rings. The zero-order chi connectivity index (χ0) is 13.0. The van der Waals surface area contributed by atoms with E-state index in [1.54, 1.807) is 0 Å². The van der Waals surface area contributed by atoms with Crippen LogP contribution < -0.4 is 5.32 Å². The highest BCUT2D eigenvalue weighted by atomic mass is 15.1. The maximum absolute atomic E-state index is 4.29.